The molecule has 0 amide bonds. The van der Waals surface area contributed by atoms with Gasteiger partial charge in [0.05, 0.1) is 11.8 Å². The smallest absolute Gasteiger partial charge is 0.313 e. The highest BCUT2D eigenvalue weighted by molar-refractivity contribution is 8.03. The second-order valence-corrected chi connectivity index (χ2v) is 6.00. The number of carboxylic acid groups (broad SMARTS) is 1. The average molecular weight is 277 g/mol. The van der Waals surface area contributed by atoms with Gasteiger partial charge in [0.25, 0.3) is 0 Å². The maximum absolute atomic E-state index is 10.6. The maximum Gasteiger partial charge on any atom is 0.313 e. The van der Waals surface area contributed by atoms with Crippen LogP contribution in [0.5, 0.6) is 0 Å². The zero-order valence-electron chi connectivity index (χ0n) is 11.5. The monoisotopic (exact) mass is 277 g/mol. The van der Waals surface area contributed by atoms with Crippen molar-refractivity contribution in [1.82, 2.24) is 4.57 Å². The van der Waals surface area contributed by atoms with Gasteiger partial charge in [0.2, 0.25) is 0 Å². The molecule has 0 aliphatic heterocycles. The Kier molecular flexibility index (Phi) is 4.20. The van der Waals surface area contributed by atoms with Crippen molar-refractivity contribution in [1.29, 1.82) is 0 Å². The van der Waals surface area contributed by atoms with E-state index in [2.05, 4.69) is 49.6 Å². The molecule has 1 heterocycles. The van der Waals surface area contributed by atoms with Crippen LogP contribution in [0.4, 0.5) is 0 Å². The van der Waals surface area contributed by atoms with Crippen molar-refractivity contribution in [2.24, 2.45) is 5.92 Å². The number of aromatic nitrogens is 1. The third-order valence-corrected chi connectivity index (χ3v) is 4.41. The molecule has 1 N–H and O–H groups in total. The van der Waals surface area contributed by atoms with Crippen LogP contribution >= 0.6 is 11.8 Å². The number of carboxylic acids is 1. The summed E-state index contributed by atoms with van der Waals surface area (Å²) < 4.78 is 2.33. The van der Waals surface area contributed by atoms with Gasteiger partial charge in [-0.2, -0.15) is 0 Å². The van der Waals surface area contributed by atoms with E-state index in [-0.39, 0.29) is 5.75 Å². The molecule has 0 saturated heterocycles. The molecule has 102 valence electrons. The molecule has 0 spiro atoms. The number of rotatable bonds is 4. The van der Waals surface area contributed by atoms with Gasteiger partial charge in [-0.1, -0.05) is 25.2 Å². The SMILES string of the molecule is Cc1ccc(C)n1C1C=CC(SCC(=O)O)=CC1C. The summed E-state index contributed by atoms with van der Waals surface area (Å²) in [6.07, 6.45) is 6.38. The Balaban J connectivity index is 2.13. The number of carbonyl (C=O) groups is 1. The molecular formula is C15H19NO2S. The van der Waals surface area contributed by atoms with Crippen LogP contribution in [0.1, 0.15) is 24.4 Å². The Labute approximate surface area is 118 Å². The van der Waals surface area contributed by atoms with E-state index in [1.807, 2.05) is 6.08 Å². The fourth-order valence-electron chi connectivity index (χ4n) is 2.49. The fraction of sp³-hybridized carbons (Fsp3) is 0.400. The number of allylic oxidation sites excluding steroid dienone is 3. The van der Waals surface area contributed by atoms with Crippen molar-refractivity contribution in [3.63, 3.8) is 0 Å². The second-order valence-electron chi connectivity index (χ2n) is 4.95. The van der Waals surface area contributed by atoms with Gasteiger partial charge in [0.1, 0.15) is 0 Å². The van der Waals surface area contributed by atoms with Gasteiger partial charge < -0.3 is 9.67 Å². The first-order chi connectivity index (χ1) is 8.99. The zero-order chi connectivity index (χ0) is 14.0. The Morgan fingerprint density at radius 1 is 1.37 bits per heavy atom. The molecule has 0 radical (unpaired) electrons. The van der Waals surface area contributed by atoms with Crippen LogP contribution in [0.15, 0.2) is 35.3 Å². The Morgan fingerprint density at radius 2 is 2.00 bits per heavy atom. The minimum Gasteiger partial charge on any atom is -0.481 e. The fourth-order valence-corrected chi connectivity index (χ4v) is 3.27. The third-order valence-electron chi connectivity index (χ3n) is 3.41. The Morgan fingerprint density at radius 3 is 2.53 bits per heavy atom. The Bertz CT molecular complexity index is 523. The molecule has 1 aliphatic rings. The first kappa shape index (κ1) is 14.0. The summed E-state index contributed by atoms with van der Waals surface area (Å²) in [7, 11) is 0. The van der Waals surface area contributed by atoms with Gasteiger partial charge >= 0.3 is 5.97 Å². The summed E-state index contributed by atoms with van der Waals surface area (Å²) in [5.41, 5.74) is 2.52. The summed E-state index contributed by atoms with van der Waals surface area (Å²) >= 11 is 1.38. The molecule has 4 heteroatoms. The average Bonchev–Trinajstić information content (AvgIpc) is 2.67. The van der Waals surface area contributed by atoms with Crippen LogP contribution in [0, 0.1) is 19.8 Å². The standard InChI is InChI=1S/C15H19NO2S/c1-10-8-13(19-9-15(17)18)6-7-14(10)16-11(2)4-5-12(16)3/h4-8,10,14H,9H2,1-3H3,(H,17,18). The Hall–Kier alpha value is -1.42. The molecule has 0 bridgehead atoms. The third kappa shape index (κ3) is 3.13. The van der Waals surface area contributed by atoms with Crippen LogP contribution in [0.25, 0.3) is 0 Å². The van der Waals surface area contributed by atoms with Crippen LogP contribution in [-0.2, 0) is 4.79 Å². The van der Waals surface area contributed by atoms with Gasteiger partial charge in [-0.3, -0.25) is 4.79 Å². The van der Waals surface area contributed by atoms with E-state index < -0.39 is 5.97 Å². The van der Waals surface area contributed by atoms with Gasteiger partial charge in [-0.25, -0.2) is 0 Å². The molecule has 0 aromatic carbocycles. The predicted molar refractivity (Wildman–Crippen MR) is 79.4 cm³/mol. The van der Waals surface area contributed by atoms with E-state index in [1.165, 1.54) is 23.1 Å². The van der Waals surface area contributed by atoms with Crippen LogP contribution < -0.4 is 0 Å². The molecule has 0 saturated carbocycles. The lowest BCUT2D eigenvalue weighted by Crippen LogP contribution is -2.18. The topological polar surface area (TPSA) is 42.2 Å². The number of aliphatic carboxylic acids is 1. The first-order valence-corrected chi connectivity index (χ1v) is 7.36. The molecule has 1 aromatic rings. The summed E-state index contributed by atoms with van der Waals surface area (Å²) in [6, 6.07) is 4.59. The number of hydrogen-bond donors (Lipinski definition) is 1. The van der Waals surface area contributed by atoms with E-state index in [1.54, 1.807) is 0 Å². The molecule has 0 fully saturated rings. The highest BCUT2D eigenvalue weighted by Gasteiger charge is 2.21. The van der Waals surface area contributed by atoms with Crippen LogP contribution in [-0.4, -0.2) is 21.4 Å². The summed E-state index contributed by atoms with van der Waals surface area (Å²) in [4.78, 5) is 11.6. The molecule has 2 unspecified atom stereocenters. The van der Waals surface area contributed by atoms with Gasteiger partial charge in [-0.05, 0) is 31.9 Å². The van der Waals surface area contributed by atoms with Gasteiger partial charge in [-0.15, -0.1) is 11.8 Å². The van der Waals surface area contributed by atoms with Gasteiger partial charge in [0, 0.05) is 16.3 Å². The number of aryl methyl sites for hydroxylation is 2. The number of nitrogens with zero attached hydrogens (tertiary/aromatic N) is 1. The van der Waals surface area contributed by atoms with Crippen molar-refractivity contribution in [2.75, 3.05) is 5.75 Å². The minimum absolute atomic E-state index is 0.120. The molecule has 19 heavy (non-hydrogen) atoms. The van der Waals surface area contributed by atoms with Crippen LogP contribution in [0.3, 0.4) is 0 Å². The van der Waals surface area contributed by atoms with E-state index in [9.17, 15) is 4.79 Å². The lowest BCUT2D eigenvalue weighted by atomic mass is 9.96. The zero-order valence-corrected chi connectivity index (χ0v) is 12.3. The maximum atomic E-state index is 10.6. The lowest BCUT2D eigenvalue weighted by molar-refractivity contribution is -0.133. The highest BCUT2D eigenvalue weighted by Crippen LogP contribution is 2.33. The summed E-state index contributed by atoms with van der Waals surface area (Å²) in [5, 5.41) is 8.71. The van der Waals surface area contributed by atoms with Gasteiger partial charge in [0.15, 0.2) is 0 Å². The van der Waals surface area contributed by atoms with Crippen molar-refractivity contribution in [3.05, 3.63) is 46.7 Å². The molecule has 1 aliphatic carbocycles. The highest BCUT2D eigenvalue weighted by atomic mass is 32.2. The van der Waals surface area contributed by atoms with Crippen LogP contribution in [0.2, 0.25) is 0 Å². The first-order valence-electron chi connectivity index (χ1n) is 6.38. The number of thioether (sulfide) groups is 1. The molecular weight excluding hydrogens is 258 g/mol. The predicted octanol–water partition coefficient (Wildman–Crippen LogP) is 3.55. The van der Waals surface area contributed by atoms with Crippen molar-refractivity contribution < 1.29 is 9.90 Å². The molecule has 2 atom stereocenters. The van der Waals surface area contributed by atoms with E-state index in [0.29, 0.717) is 12.0 Å². The normalized spacial score (nSPS) is 22.4. The lowest BCUT2D eigenvalue weighted by Gasteiger charge is -2.27. The van der Waals surface area contributed by atoms with E-state index in [0.717, 1.165) is 4.91 Å². The van der Waals surface area contributed by atoms with E-state index in [4.69, 9.17) is 5.11 Å². The molecule has 2 rings (SSSR count). The van der Waals surface area contributed by atoms with E-state index >= 15 is 0 Å². The van der Waals surface area contributed by atoms with Crippen molar-refractivity contribution >= 4 is 17.7 Å². The van der Waals surface area contributed by atoms with Crippen molar-refractivity contribution in [3.8, 4) is 0 Å². The molecule has 3 nitrogen and oxygen atoms in total. The molecule has 1 aromatic heterocycles. The second kappa shape index (κ2) is 5.70. The largest absolute Gasteiger partial charge is 0.481 e. The number of hydrogen-bond acceptors (Lipinski definition) is 2. The summed E-state index contributed by atoms with van der Waals surface area (Å²) in [6.45, 7) is 6.41. The minimum atomic E-state index is -0.772. The summed E-state index contributed by atoms with van der Waals surface area (Å²) in [5.74, 6) is -0.285. The quantitative estimate of drug-likeness (QED) is 0.915. The van der Waals surface area contributed by atoms with Crippen molar-refractivity contribution in [2.45, 2.75) is 26.8 Å².